The van der Waals surface area contributed by atoms with Gasteiger partial charge in [0.1, 0.15) is 0 Å². The molecule has 66 valence electrons. The lowest BCUT2D eigenvalue weighted by atomic mass is 10.4. The van der Waals surface area contributed by atoms with E-state index in [4.69, 9.17) is 0 Å². The molecule has 0 saturated carbocycles. The molecule has 0 spiro atoms. The highest BCUT2D eigenvalue weighted by atomic mass is 32.1. The molecule has 0 unspecified atom stereocenters. The Kier molecular flexibility index (Phi) is 3.79. The van der Waals surface area contributed by atoms with E-state index in [1.54, 1.807) is 0 Å². The number of thiophene rings is 1. The number of isocyanates is 2. The fourth-order valence-electron chi connectivity index (χ4n) is 0.813. The molecule has 1 rings (SSSR count). The number of aliphatic imine (C=N–C) groups is 2. The third-order valence-corrected chi connectivity index (χ3v) is 2.37. The summed E-state index contributed by atoms with van der Waals surface area (Å²) in [6.45, 7) is 0.692. The van der Waals surface area contributed by atoms with Crippen LogP contribution in [0.4, 0.5) is 0 Å². The van der Waals surface area contributed by atoms with Gasteiger partial charge in [-0.25, -0.2) is 19.6 Å². The van der Waals surface area contributed by atoms with E-state index in [1.807, 2.05) is 12.1 Å². The maximum absolute atomic E-state index is 9.80. The Morgan fingerprint density at radius 2 is 1.54 bits per heavy atom. The van der Waals surface area contributed by atoms with Crippen molar-refractivity contribution in [3.63, 3.8) is 0 Å². The topological polar surface area (TPSA) is 58.9 Å². The standard InChI is InChI=1S/C8H6N2O2S/c11-5-9-3-7-1-2-8(13-7)4-10-6-12/h1-2H,3-4H2. The SMILES string of the molecule is O=C=NCc1ccc(CN=C=O)s1. The lowest BCUT2D eigenvalue weighted by Crippen LogP contribution is -1.71. The molecule has 0 fully saturated rings. The smallest absolute Gasteiger partial charge is 0.211 e. The Balaban J connectivity index is 2.62. The van der Waals surface area contributed by atoms with E-state index in [0.29, 0.717) is 13.1 Å². The van der Waals surface area contributed by atoms with Crippen molar-refractivity contribution in [2.45, 2.75) is 13.1 Å². The Hall–Kier alpha value is -1.54. The highest BCUT2D eigenvalue weighted by molar-refractivity contribution is 7.11. The van der Waals surface area contributed by atoms with Crippen LogP contribution in [0, 0.1) is 0 Å². The van der Waals surface area contributed by atoms with Gasteiger partial charge in [0.15, 0.2) is 0 Å². The quantitative estimate of drug-likeness (QED) is 0.537. The molecule has 4 nitrogen and oxygen atoms in total. The first-order valence-electron chi connectivity index (χ1n) is 3.51. The summed E-state index contributed by atoms with van der Waals surface area (Å²) in [6, 6.07) is 3.70. The van der Waals surface area contributed by atoms with Gasteiger partial charge in [0.05, 0.1) is 13.1 Å². The van der Waals surface area contributed by atoms with Crippen molar-refractivity contribution >= 4 is 23.5 Å². The first-order chi connectivity index (χ1) is 6.36. The predicted octanol–water partition coefficient (Wildman–Crippen LogP) is 1.42. The average Bonchev–Trinajstić information content (AvgIpc) is 2.59. The first-order valence-corrected chi connectivity index (χ1v) is 4.33. The number of hydrogen-bond donors (Lipinski definition) is 0. The molecule has 1 heterocycles. The van der Waals surface area contributed by atoms with Crippen LogP contribution in [0.1, 0.15) is 9.75 Å². The maximum atomic E-state index is 9.80. The lowest BCUT2D eigenvalue weighted by molar-refractivity contribution is 0.562. The maximum Gasteiger partial charge on any atom is 0.235 e. The molecule has 13 heavy (non-hydrogen) atoms. The van der Waals surface area contributed by atoms with Crippen LogP contribution >= 0.6 is 11.3 Å². The van der Waals surface area contributed by atoms with Gasteiger partial charge in [-0.2, -0.15) is 0 Å². The molecule has 5 heteroatoms. The van der Waals surface area contributed by atoms with Crippen molar-refractivity contribution in [2.24, 2.45) is 9.98 Å². The second-order valence-corrected chi connectivity index (χ2v) is 3.44. The van der Waals surface area contributed by atoms with Crippen molar-refractivity contribution in [3.05, 3.63) is 21.9 Å². The molecule has 0 atom stereocenters. The molecule has 0 amide bonds. The minimum Gasteiger partial charge on any atom is -0.211 e. The third kappa shape index (κ3) is 3.13. The summed E-state index contributed by atoms with van der Waals surface area (Å²) in [5.41, 5.74) is 0. The number of rotatable bonds is 4. The van der Waals surface area contributed by atoms with Crippen molar-refractivity contribution in [1.29, 1.82) is 0 Å². The number of nitrogens with zero attached hydrogens (tertiary/aromatic N) is 2. The summed E-state index contributed by atoms with van der Waals surface area (Å²) in [4.78, 5) is 28.4. The molecule has 0 saturated heterocycles. The normalized spacial score (nSPS) is 8.62. The average molecular weight is 194 g/mol. The van der Waals surface area contributed by atoms with Gasteiger partial charge in [-0.15, -0.1) is 11.3 Å². The molecule has 0 bridgehead atoms. The zero-order chi connectivity index (χ0) is 9.52. The van der Waals surface area contributed by atoms with E-state index >= 15 is 0 Å². The van der Waals surface area contributed by atoms with Crippen LogP contribution in [0.25, 0.3) is 0 Å². The molecular weight excluding hydrogens is 188 g/mol. The van der Waals surface area contributed by atoms with Crippen molar-refractivity contribution < 1.29 is 9.59 Å². The van der Waals surface area contributed by atoms with Gasteiger partial charge < -0.3 is 0 Å². The van der Waals surface area contributed by atoms with Crippen molar-refractivity contribution in [3.8, 4) is 0 Å². The molecule has 1 aromatic rings. The van der Waals surface area contributed by atoms with Crippen LogP contribution in [0.15, 0.2) is 22.1 Å². The zero-order valence-electron chi connectivity index (χ0n) is 6.69. The summed E-state index contributed by atoms with van der Waals surface area (Å²) in [7, 11) is 0. The summed E-state index contributed by atoms with van der Waals surface area (Å²) in [5.74, 6) is 0. The number of hydrogen-bond acceptors (Lipinski definition) is 5. The van der Waals surface area contributed by atoms with Crippen LogP contribution < -0.4 is 0 Å². The van der Waals surface area contributed by atoms with Gasteiger partial charge >= 0.3 is 0 Å². The van der Waals surface area contributed by atoms with Gasteiger partial charge in [-0.1, -0.05) is 0 Å². The highest BCUT2D eigenvalue weighted by Gasteiger charge is 1.97. The van der Waals surface area contributed by atoms with E-state index in [-0.39, 0.29) is 0 Å². The second-order valence-electron chi connectivity index (χ2n) is 2.18. The second kappa shape index (κ2) is 5.17. The van der Waals surface area contributed by atoms with E-state index < -0.39 is 0 Å². The fourth-order valence-corrected chi connectivity index (χ4v) is 1.68. The summed E-state index contributed by atoms with van der Waals surface area (Å²) < 4.78 is 0. The van der Waals surface area contributed by atoms with Crippen LogP contribution in [0.5, 0.6) is 0 Å². The Morgan fingerprint density at radius 1 is 1.08 bits per heavy atom. The Bertz CT molecular complexity index is 339. The van der Waals surface area contributed by atoms with Crippen LogP contribution in [-0.4, -0.2) is 12.2 Å². The Labute approximate surface area is 78.6 Å². The van der Waals surface area contributed by atoms with E-state index in [0.717, 1.165) is 9.75 Å². The third-order valence-electron chi connectivity index (χ3n) is 1.32. The minimum absolute atomic E-state index is 0.346. The first kappa shape index (κ1) is 9.55. The van der Waals surface area contributed by atoms with Gasteiger partial charge in [-0.3, -0.25) is 0 Å². The summed E-state index contributed by atoms with van der Waals surface area (Å²) in [6.07, 6.45) is 2.93. The summed E-state index contributed by atoms with van der Waals surface area (Å²) >= 11 is 1.47. The molecule has 0 aliphatic heterocycles. The van der Waals surface area contributed by atoms with Crippen LogP contribution in [0.2, 0.25) is 0 Å². The summed E-state index contributed by atoms with van der Waals surface area (Å²) in [5, 5.41) is 0. The molecule has 0 N–H and O–H groups in total. The molecular formula is C8H6N2O2S. The fraction of sp³-hybridized carbons (Fsp3) is 0.250. The zero-order valence-corrected chi connectivity index (χ0v) is 7.50. The molecule has 0 aromatic carbocycles. The van der Waals surface area contributed by atoms with Crippen molar-refractivity contribution in [1.82, 2.24) is 0 Å². The molecule has 0 radical (unpaired) electrons. The number of carbonyl (C=O) groups excluding carboxylic acids is 2. The van der Waals surface area contributed by atoms with Crippen molar-refractivity contribution in [2.75, 3.05) is 0 Å². The van der Waals surface area contributed by atoms with E-state index in [2.05, 4.69) is 9.98 Å². The molecule has 0 aliphatic rings. The van der Waals surface area contributed by atoms with Gasteiger partial charge in [0.2, 0.25) is 12.2 Å². The lowest BCUT2D eigenvalue weighted by Gasteiger charge is -1.84. The van der Waals surface area contributed by atoms with E-state index in [1.165, 1.54) is 23.5 Å². The molecule has 0 aliphatic carbocycles. The van der Waals surface area contributed by atoms with Gasteiger partial charge in [0, 0.05) is 9.75 Å². The van der Waals surface area contributed by atoms with Crippen LogP contribution in [0.3, 0.4) is 0 Å². The van der Waals surface area contributed by atoms with Gasteiger partial charge in [0.25, 0.3) is 0 Å². The molecule has 1 aromatic heterocycles. The Morgan fingerprint density at radius 3 is 1.92 bits per heavy atom. The van der Waals surface area contributed by atoms with Gasteiger partial charge in [-0.05, 0) is 12.1 Å². The minimum atomic E-state index is 0.346. The largest absolute Gasteiger partial charge is 0.235 e. The highest BCUT2D eigenvalue weighted by Crippen LogP contribution is 2.17. The van der Waals surface area contributed by atoms with Crippen LogP contribution in [-0.2, 0) is 22.7 Å². The monoisotopic (exact) mass is 194 g/mol. The van der Waals surface area contributed by atoms with E-state index in [9.17, 15) is 9.59 Å². The predicted molar refractivity (Wildman–Crippen MR) is 48.0 cm³/mol.